The Kier molecular flexibility index (Phi) is 5.25. The lowest BCUT2D eigenvalue weighted by molar-refractivity contribution is -0.154. The Hall–Kier alpha value is -2.93. The van der Waals surface area contributed by atoms with E-state index in [2.05, 4.69) is 4.98 Å². The molecule has 0 aliphatic carbocycles. The van der Waals surface area contributed by atoms with Crippen LogP contribution in [0.25, 0.3) is 0 Å². The molecule has 2 heterocycles. The number of ether oxygens (including phenoxy) is 2. The number of carboxylic acids is 1. The van der Waals surface area contributed by atoms with Crippen LogP contribution in [-0.2, 0) is 16.1 Å². The van der Waals surface area contributed by atoms with Crippen molar-refractivity contribution in [3.05, 3.63) is 59.9 Å². The molecule has 0 bridgehead atoms. The van der Waals surface area contributed by atoms with E-state index < -0.39 is 12.1 Å². The number of carbonyl (C=O) groups is 2. The quantitative estimate of drug-likeness (QED) is 0.887. The van der Waals surface area contributed by atoms with Gasteiger partial charge in [0.15, 0.2) is 6.10 Å². The maximum absolute atomic E-state index is 12.5. The van der Waals surface area contributed by atoms with Crippen molar-refractivity contribution < 1.29 is 24.2 Å². The lowest BCUT2D eigenvalue weighted by Gasteiger charge is -2.30. The number of nitrogens with zero attached hydrogens (tertiary/aromatic N) is 2. The van der Waals surface area contributed by atoms with E-state index in [0.717, 1.165) is 5.69 Å². The predicted molar refractivity (Wildman–Crippen MR) is 88.3 cm³/mol. The molecule has 7 heteroatoms. The normalized spacial score (nSPS) is 17.1. The molecule has 1 amide bonds. The van der Waals surface area contributed by atoms with E-state index in [1.807, 2.05) is 18.2 Å². The summed E-state index contributed by atoms with van der Waals surface area (Å²) in [6.07, 6.45) is 0.728. The summed E-state index contributed by atoms with van der Waals surface area (Å²) in [4.78, 5) is 29.2. The number of hydrogen-bond acceptors (Lipinski definition) is 5. The zero-order chi connectivity index (χ0) is 17.6. The summed E-state index contributed by atoms with van der Waals surface area (Å²) in [6.45, 7) is 0.985. The third-order valence-corrected chi connectivity index (χ3v) is 3.84. The number of aromatic nitrogens is 1. The van der Waals surface area contributed by atoms with Crippen LogP contribution in [0, 0.1) is 0 Å². The molecular formula is C18H18N2O5. The van der Waals surface area contributed by atoms with Gasteiger partial charge in [0, 0.05) is 18.3 Å². The largest absolute Gasteiger partial charge is 0.487 e. The van der Waals surface area contributed by atoms with E-state index in [-0.39, 0.29) is 19.1 Å². The van der Waals surface area contributed by atoms with Crippen molar-refractivity contribution in [3.8, 4) is 5.75 Å². The molecule has 130 valence electrons. The maximum atomic E-state index is 12.5. The van der Waals surface area contributed by atoms with Gasteiger partial charge in [-0.1, -0.05) is 6.07 Å². The van der Waals surface area contributed by atoms with Crippen LogP contribution in [0.5, 0.6) is 5.75 Å². The molecule has 1 aliphatic heterocycles. The molecule has 1 N–H and O–H groups in total. The van der Waals surface area contributed by atoms with Gasteiger partial charge in [-0.2, -0.15) is 0 Å². The van der Waals surface area contributed by atoms with E-state index >= 15 is 0 Å². The summed E-state index contributed by atoms with van der Waals surface area (Å²) in [5.41, 5.74) is 1.30. The minimum absolute atomic E-state index is 0.0477. The summed E-state index contributed by atoms with van der Waals surface area (Å²) in [5, 5.41) is 9.01. The van der Waals surface area contributed by atoms with E-state index in [1.54, 1.807) is 30.5 Å². The Morgan fingerprint density at radius 1 is 1.24 bits per heavy atom. The summed E-state index contributed by atoms with van der Waals surface area (Å²) in [5.74, 6) is -0.644. The van der Waals surface area contributed by atoms with Gasteiger partial charge in [-0.3, -0.25) is 9.78 Å². The van der Waals surface area contributed by atoms with Gasteiger partial charge in [-0.05, 0) is 36.4 Å². The maximum Gasteiger partial charge on any atom is 0.334 e. The van der Waals surface area contributed by atoms with Gasteiger partial charge in [0.05, 0.1) is 18.8 Å². The molecule has 1 aromatic heterocycles. The molecule has 1 aliphatic rings. The molecule has 3 rings (SSSR count). The van der Waals surface area contributed by atoms with Crippen LogP contribution in [0.15, 0.2) is 48.7 Å². The first kappa shape index (κ1) is 16.9. The number of aliphatic carboxylic acids is 1. The molecule has 1 atom stereocenters. The van der Waals surface area contributed by atoms with Crippen molar-refractivity contribution in [2.45, 2.75) is 12.7 Å². The third kappa shape index (κ3) is 4.33. The molecular weight excluding hydrogens is 324 g/mol. The number of pyridine rings is 1. The van der Waals surface area contributed by atoms with Crippen molar-refractivity contribution in [1.29, 1.82) is 0 Å². The highest BCUT2D eigenvalue weighted by atomic mass is 16.5. The first-order valence-corrected chi connectivity index (χ1v) is 7.90. The van der Waals surface area contributed by atoms with Crippen LogP contribution in [0.2, 0.25) is 0 Å². The second kappa shape index (κ2) is 7.76. The third-order valence-electron chi connectivity index (χ3n) is 3.84. The highest BCUT2D eigenvalue weighted by Gasteiger charge is 2.29. The number of benzene rings is 1. The molecule has 1 aromatic carbocycles. The van der Waals surface area contributed by atoms with E-state index in [4.69, 9.17) is 14.6 Å². The predicted octanol–water partition coefficient (Wildman–Crippen LogP) is 1.59. The van der Waals surface area contributed by atoms with Gasteiger partial charge in [0.2, 0.25) is 0 Å². The SMILES string of the molecule is O=C(O)C1CN(C(=O)c2ccc(OCc3ccccn3)cc2)CCO1. The molecule has 25 heavy (non-hydrogen) atoms. The summed E-state index contributed by atoms with van der Waals surface area (Å²) >= 11 is 0. The Balaban J connectivity index is 1.59. The Bertz CT molecular complexity index is 733. The van der Waals surface area contributed by atoms with Crippen LogP contribution >= 0.6 is 0 Å². The van der Waals surface area contributed by atoms with Gasteiger partial charge in [-0.15, -0.1) is 0 Å². The highest BCUT2D eigenvalue weighted by Crippen LogP contribution is 2.16. The average molecular weight is 342 g/mol. The summed E-state index contributed by atoms with van der Waals surface area (Å²) < 4.78 is 10.8. The minimum Gasteiger partial charge on any atom is -0.487 e. The topological polar surface area (TPSA) is 89.0 Å². The number of rotatable bonds is 5. The van der Waals surface area contributed by atoms with Crippen LogP contribution in [-0.4, -0.2) is 52.7 Å². The average Bonchev–Trinajstić information content (AvgIpc) is 2.67. The number of hydrogen-bond donors (Lipinski definition) is 1. The van der Waals surface area contributed by atoms with Gasteiger partial charge >= 0.3 is 5.97 Å². The molecule has 1 fully saturated rings. The van der Waals surface area contributed by atoms with Crippen LogP contribution in [0.1, 0.15) is 16.1 Å². The van der Waals surface area contributed by atoms with E-state index in [9.17, 15) is 9.59 Å². The zero-order valence-corrected chi connectivity index (χ0v) is 13.5. The molecule has 0 radical (unpaired) electrons. The van der Waals surface area contributed by atoms with Crippen molar-refractivity contribution in [3.63, 3.8) is 0 Å². The fourth-order valence-corrected chi connectivity index (χ4v) is 2.50. The van der Waals surface area contributed by atoms with Crippen LogP contribution in [0.4, 0.5) is 0 Å². The van der Waals surface area contributed by atoms with Crippen molar-refractivity contribution in [2.24, 2.45) is 0 Å². The van der Waals surface area contributed by atoms with E-state index in [1.165, 1.54) is 4.90 Å². The Labute approximate surface area is 144 Å². The first-order chi connectivity index (χ1) is 12.1. The standard InChI is InChI=1S/C18H18N2O5/c21-17(20-9-10-24-16(11-20)18(22)23)13-4-6-15(7-5-13)25-12-14-3-1-2-8-19-14/h1-8,16H,9-12H2,(H,22,23). The van der Waals surface area contributed by atoms with Gasteiger partial charge in [0.1, 0.15) is 12.4 Å². The molecule has 2 aromatic rings. The lowest BCUT2D eigenvalue weighted by Crippen LogP contribution is -2.48. The van der Waals surface area contributed by atoms with Crippen molar-refractivity contribution >= 4 is 11.9 Å². The summed E-state index contributed by atoms with van der Waals surface area (Å²) in [6, 6.07) is 12.4. The highest BCUT2D eigenvalue weighted by molar-refractivity contribution is 5.94. The molecule has 1 saturated heterocycles. The second-order valence-corrected chi connectivity index (χ2v) is 5.58. The fraction of sp³-hybridized carbons (Fsp3) is 0.278. The minimum atomic E-state index is -1.06. The number of carbonyl (C=O) groups excluding carboxylic acids is 1. The van der Waals surface area contributed by atoms with E-state index in [0.29, 0.717) is 24.5 Å². The van der Waals surface area contributed by atoms with Crippen LogP contribution in [0.3, 0.4) is 0 Å². The molecule has 0 saturated carbocycles. The van der Waals surface area contributed by atoms with Crippen molar-refractivity contribution in [1.82, 2.24) is 9.88 Å². The zero-order valence-electron chi connectivity index (χ0n) is 13.5. The number of carboxylic acid groups (broad SMARTS) is 1. The number of amides is 1. The Morgan fingerprint density at radius 2 is 2.04 bits per heavy atom. The molecule has 1 unspecified atom stereocenters. The van der Waals surface area contributed by atoms with Crippen molar-refractivity contribution in [2.75, 3.05) is 19.7 Å². The summed E-state index contributed by atoms with van der Waals surface area (Å²) in [7, 11) is 0. The second-order valence-electron chi connectivity index (χ2n) is 5.58. The first-order valence-electron chi connectivity index (χ1n) is 7.90. The lowest BCUT2D eigenvalue weighted by atomic mass is 10.1. The van der Waals surface area contributed by atoms with Crippen LogP contribution < -0.4 is 4.74 Å². The van der Waals surface area contributed by atoms with Gasteiger partial charge in [-0.25, -0.2) is 4.79 Å². The van der Waals surface area contributed by atoms with Gasteiger partial charge < -0.3 is 19.5 Å². The molecule has 7 nitrogen and oxygen atoms in total. The van der Waals surface area contributed by atoms with Gasteiger partial charge in [0.25, 0.3) is 5.91 Å². The smallest absolute Gasteiger partial charge is 0.334 e. The monoisotopic (exact) mass is 342 g/mol. The fourth-order valence-electron chi connectivity index (χ4n) is 2.50. The molecule has 0 spiro atoms. The Morgan fingerprint density at radius 3 is 2.72 bits per heavy atom. The number of morpholine rings is 1.